The lowest BCUT2D eigenvalue weighted by molar-refractivity contribution is 0.249. The average Bonchev–Trinajstić information content (AvgIpc) is 2.48. The number of aromatic nitrogens is 1. The highest BCUT2D eigenvalue weighted by atomic mass is 15.3. The van der Waals surface area contributed by atoms with Gasteiger partial charge in [0.15, 0.2) is 0 Å². The monoisotopic (exact) mass is 262 g/mol. The van der Waals surface area contributed by atoms with Gasteiger partial charge in [0.1, 0.15) is 5.82 Å². The summed E-state index contributed by atoms with van der Waals surface area (Å²) in [5.41, 5.74) is 5.95. The minimum Gasteiger partial charge on any atom is -0.354 e. The number of piperazine rings is 1. The Kier molecular flexibility index (Phi) is 5.61. The molecule has 0 aromatic carbocycles. The fourth-order valence-electron chi connectivity index (χ4n) is 2.52. The molecule has 1 aromatic heterocycles. The van der Waals surface area contributed by atoms with Crippen molar-refractivity contribution in [3.8, 4) is 0 Å². The van der Waals surface area contributed by atoms with E-state index >= 15 is 0 Å². The fraction of sp³-hybridized carbons (Fsp3) is 0.667. The first-order valence-electron chi connectivity index (χ1n) is 7.43. The maximum Gasteiger partial charge on any atom is 0.128 e. The predicted molar refractivity (Wildman–Crippen MR) is 80.4 cm³/mol. The molecule has 0 bridgehead atoms. The van der Waals surface area contributed by atoms with E-state index in [2.05, 4.69) is 33.8 Å². The third-order valence-electron chi connectivity index (χ3n) is 3.92. The van der Waals surface area contributed by atoms with E-state index in [1.54, 1.807) is 0 Å². The number of nitrogens with two attached hydrogens (primary N) is 1. The minimum atomic E-state index is 0.384. The van der Waals surface area contributed by atoms with Gasteiger partial charge in [-0.05, 0) is 37.9 Å². The standard InChI is InChI=1S/C15H26N4/c1-2-14(16)6-5-9-18-10-12-19(13-11-18)15-7-3-4-8-17-15/h3-4,7-8,14H,2,5-6,9-13,16H2,1H3. The van der Waals surface area contributed by atoms with Crippen molar-refractivity contribution in [3.05, 3.63) is 24.4 Å². The van der Waals surface area contributed by atoms with Gasteiger partial charge in [-0.15, -0.1) is 0 Å². The zero-order chi connectivity index (χ0) is 13.5. The highest BCUT2D eigenvalue weighted by Crippen LogP contribution is 2.13. The van der Waals surface area contributed by atoms with Crippen LogP contribution in [-0.2, 0) is 0 Å². The van der Waals surface area contributed by atoms with Gasteiger partial charge >= 0.3 is 0 Å². The lowest BCUT2D eigenvalue weighted by Crippen LogP contribution is -2.47. The largest absolute Gasteiger partial charge is 0.354 e. The average molecular weight is 262 g/mol. The zero-order valence-electron chi connectivity index (χ0n) is 12.0. The van der Waals surface area contributed by atoms with E-state index in [0.717, 1.165) is 44.8 Å². The molecular weight excluding hydrogens is 236 g/mol. The first kappa shape index (κ1) is 14.3. The summed E-state index contributed by atoms with van der Waals surface area (Å²) in [5, 5.41) is 0. The Morgan fingerprint density at radius 1 is 1.26 bits per heavy atom. The normalized spacial score (nSPS) is 18.5. The number of pyridine rings is 1. The maximum absolute atomic E-state index is 5.95. The first-order chi connectivity index (χ1) is 9.29. The molecule has 1 aromatic rings. The second-order valence-electron chi connectivity index (χ2n) is 5.33. The van der Waals surface area contributed by atoms with Crippen LogP contribution in [0.25, 0.3) is 0 Å². The van der Waals surface area contributed by atoms with E-state index in [4.69, 9.17) is 5.73 Å². The van der Waals surface area contributed by atoms with Crippen molar-refractivity contribution < 1.29 is 0 Å². The van der Waals surface area contributed by atoms with Gasteiger partial charge in [-0.1, -0.05) is 13.0 Å². The van der Waals surface area contributed by atoms with Gasteiger partial charge in [0.05, 0.1) is 0 Å². The molecule has 1 unspecified atom stereocenters. The molecule has 106 valence electrons. The molecule has 4 nitrogen and oxygen atoms in total. The molecule has 1 aliphatic heterocycles. The number of hydrogen-bond acceptors (Lipinski definition) is 4. The van der Waals surface area contributed by atoms with Crippen molar-refractivity contribution >= 4 is 5.82 Å². The summed E-state index contributed by atoms with van der Waals surface area (Å²) in [6.45, 7) is 7.78. The number of hydrogen-bond donors (Lipinski definition) is 1. The molecule has 0 spiro atoms. The topological polar surface area (TPSA) is 45.4 Å². The van der Waals surface area contributed by atoms with Crippen LogP contribution >= 0.6 is 0 Å². The summed E-state index contributed by atoms with van der Waals surface area (Å²) in [6, 6.07) is 6.50. The molecule has 4 heteroatoms. The van der Waals surface area contributed by atoms with E-state index in [1.165, 1.54) is 13.0 Å². The summed E-state index contributed by atoms with van der Waals surface area (Å²) in [4.78, 5) is 9.33. The lowest BCUT2D eigenvalue weighted by Gasteiger charge is -2.35. The van der Waals surface area contributed by atoms with Gasteiger partial charge in [0.2, 0.25) is 0 Å². The SMILES string of the molecule is CCC(N)CCCN1CCN(c2ccccn2)CC1. The Bertz CT molecular complexity index is 346. The molecule has 2 rings (SSSR count). The molecule has 1 aliphatic rings. The fourth-order valence-corrected chi connectivity index (χ4v) is 2.52. The summed E-state index contributed by atoms with van der Waals surface area (Å²) < 4.78 is 0. The lowest BCUT2D eigenvalue weighted by atomic mass is 10.1. The van der Waals surface area contributed by atoms with Gasteiger partial charge in [-0.3, -0.25) is 4.90 Å². The van der Waals surface area contributed by atoms with Crippen LogP contribution in [0.1, 0.15) is 26.2 Å². The van der Waals surface area contributed by atoms with Crippen LogP contribution in [0.5, 0.6) is 0 Å². The Labute approximate surface area is 116 Å². The third kappa shape index (κ3) is 4.48. The molecule has 0 amide bonds. The van der Waals surface area contributed by atoms with Crippen LogP contribution in [0, 0.1) is 0 Å². The molecule has 1 fully saturated rings. The molecular formula is C15H26N4. The van der Waals surface area contributed by atoms with Crippen molar-refractivity contribution in [1.29, 1.82) is 0 Å². The summed E-state index contributed by atoms with van der Waals surface area (Å²) in [7, 11) is 0. The van der Waals surface area contributed by atoms with Crippen LogP contribution in [0.3, 0.4) is 0 Å². The van der Waals surface area contributed by atoms with Crippen molar-refractivity contribution in [3.63, 3.8) is 0 Å². The molecule has 2 N–H and O–H groups in total. The summed E-state index contributed by atoms with van der Waals surface area (Å²) in [5.74, 6) is 1.11. The van der Waals surface area contributed by atoms with E-state index in [1.807, 2.05) is 12.3 Å². The molecule has 1 atom stereocenters. The molecule has 1 saturated heterocycles. The third-order valence-corrected chi connectivity index (χ3v) is 3.92. The van der Waals surface area contributed by atoms with Gasteiger partial charge in [-0.2, -0.15) is 0 Å². The Hall–Kier alpha value is -1.13. The molecule has 19 heavy (non-hydrogen) atoms. The maximum atomic E-state index is 5.95. The molecule has 0 radical (unpaired) electrons. The smallest absolute Gasteiger partial charge is 0.128 e. The Morgan fingerprint density at radius 2 is 2.05 bits per heavy atom. The van der Waals surface area contributed by atoms with Gasteiger partial charge in [0, 0.05) is 38.4 Å². The van der Waals surface area contributed by atoms with Crippen LogP contribution < -0.4 is 10.6 Å². The van der Waals surface area contributed by atoms with E-state index in [0.29, 0.717) is 6.04 Å². The molecule has 0 saturated carbocycles. The van der Waals surface area contributed by atoms with E-state index in [-0.39, 0.29) is 0 Å². The van der Waals surface area contributed by atoms with E-state index < -0.39 is 0 Å². The second-order valence-corrected chi connectivity index (χ2v) is 5.33. The molecule has 0 aliphatic carbocycles. The molecule has 2 heterocycles. The number of nitrogens with zero attached hydrogens (tertiary/aromatic N) is 3. The highest BCUT2D eigenvalue weighted by Gasteiger charge is 2.17. The zero-order valence-corrected chi connectivity index (χ0v) is 12.0. The van der Waals surface area contributed by atoms with Crippen molar-refractivity contribution in [2.24, 2.45) is 5.73 Å². The highest BCUT2D eigenvalue weighted by molar-refractivity contribution is 5.38. The Balaban J connectivity index is 1.68. The Morgan fingerprint density at radius 3 is 2.68 bits per heavy atom. The van der Waals surface area contributed by atoms with Crippen molar-refractivity contribution in [2.75, 3.05) is 37.6 Å². The first-order valence-corrected chi connectivity index (χ1v) is 7.43. The van der Waals surface area contributed by atoms with Gasteiger partial charge in [0.25, 0.3) is 0 Å². The van der Waals surface area contributed by atoms with Crippen LogP contribution in [0.4, 0.5) is 5.82 Å². The van der Waals surface area contributed by atoms with Crippen molar-refractivity contribution in [2.45, 2.75) is 32.2 Å². The van der Waals surface area contributed by atoms with Gasteiger partial charge < -0.3 is 10.6 Å². The van der Waals surface area contributed by atoms with Crippen LogP contribution in [0.15, 0.2) is 24.4 Å². The minimum absolute atomic E-state index is 0.384. The summed E-state index contributed by atoms with van der Waals surface area (Å²) in [6.07, 6.45) is 5.33. The van der Waals surface area contributed by atoms with E-state index in [9.17, 15) is 0 Å². The number of anilines is 1. The van der Waals surface area contributed by atoms with Crippen LogP contribution in [0.2, 0.25) is 0 Å². The quantitative estimate of drug-likeness (QED) is 0.848. The van der Waals surface area contributed by atoms with Gasteiger partial charge in [-0.25, -0.2) is 4.98 Å². The van der Waals surface area contributed by atoms with Crippen LogP contribution in [-0.4, -0.2) is 48.6 Å². The van der Waals surface area contributed by atoms with Crippen molar-refractivity contribution in [1.82, 2.24) is 9.88 Å². The predicted octanol–water partition coefficient (Wildman–Crippen LogP) is 1.72. The summed E-state index contributed by atoms with van der Waals surface area (Å²) >= 11 is 0. The second kappa shape index (κ2) is 7.46. The number of rotatable bonds is 6.